The molecule has 0 aromatic carbocycles. The number of carbonyl (C=O) groups excluding carboxylic acids is 1. The van der Waals surface area contributed by atoms with Crippen LogP contribution in [-0.4, -0.2) is 34.9 Å². The molecule has 1 aromatic heterocycles. The first-order valence-corrected chi connectivity index (χ1v) is 7.74. The zero-order valence-corrected chi connectivity index (χ0v) is 12.6. The number of carbonyl (C=O) groups is 1. The molecule has 1 N–H and O–H groups in total. The van der Waals surface area contributed by atoms with Gasteiger partial charge in [0.2, 0.25) is 0 Å². The molecule has 1 fully saturated rings. The monoisotopic (exact) mass is 275 g/mol. The molecule has 0 aliphatic carbocycles. The lowest BCUT2D eigenvalue weighted by Crippen LogP contribution is -2.38. The van der Waals surface area contributed by atoms with Crippen LogP contribution in [0.15, 0.2) is 18.3 Å². The van der Waals surface area contributed by atoms with Crippen LogP contribution < -0.4 is 5.32 Å². The van der Waals surface area contributed by atoms with Crippen LogP contribution in [0, 0.1) is 0 Å². The van der Waals surface area contributed by atoms with Gasteiger partial charge in [-0.05, 0) is 38.3 Å². The second-order valence-electron chi connectivity index (χ2n) is 5.52. The fourth-order valence-corrected chi connectivity index (χ4v) is 2.69. The molecule has 1 aromatic rings. The van der Waals surface area contributed by atoms with E-state index in [0.29, 0.717) is 11.6 Å². The van der Waals surface area contributed by atoms with E-state index in [9.17, 15) is 4.79 Å². The number of likely N-dealkylation sites (tertiary alicyclic amines) is 1. The van der Waals surface area contributed by atoms with Crippen molar-refractivity contribution in [1.82, 2.24) is 9.88 Å². The molecule has 4 heteroatoms. The minimum absolute atomic E-state index is 0.117. The van der Waals surface area contributed by atoms with Gasteiger partial charge in [-0.1, -0.05) is 19.8 Å². The first-order chi connectivity index (χ1) is 9.74. The largest absolute Gasteiger partial charge is 0.369 e. The topological polar surface area (TPSA) is 45.2 Å². The molecule has 0 saturated carbocycles. The van der Waals surface area contributed by atoms with Crippen molar-refractivity contribution in [2.24, 2.45) is 0 Å². The van der Waals surface area contributed by atoms with Gasteiger partial charge in [-0.15, -0.1) is 0 Å². The van der Waals surface area contributed by atoms with E-state index >= 15 is 0 Å². The molecule has 110 valence electrons. The molecule has 1 atom stereocenters. The minimum Gasteiger partial charge on any atom is -0.369 e. The lowest BCUT2D eigenvalue weighted by Gasteiger charge is -2.27. The molecule has 4 nitrogen and oxygen atoms in total. The third-order valence-electron chi connectivity index (χ3n) is 3.89. The third kappa shape index (κ3) is 3.50. The van der Waals surface area contributed by atoms with E-state index in [2.05, 4.69) is 24.1 Å². The number of nitrogens with zero attached hydrogens (tertiary/aromatic N) is 2. The Balaban J connectivity index is 2.18. The summed E-state index contributed by atoms with van der Waals surface area (Å²) in [5, 5.41) is 3.25. The maximum Gasteiger partial charge on any atom is 0.257 e. The van der Waals surface area contributed by atoms with Crippen molar-refractivity contribution in [3.05, 3.63) is 23.9 Å². The van der Waals surface area contributed by atoms with Crippen molar-refractivity contribution < 1.29 is 4.79 Å². The number of anilines is 1. The molecule has 1 saturated heterocycles. The minimum atomic E-state index is 0.117. The molecule has 1 unspecified atom stereocenters. The summed E-state index contributed by atoms with van der Waals surface area (Å²) in [6.45, 7) is 5.96. The van der Waals surface area contributed by atoms with Gasteiger partial charge in [-0.25, -0.2) is 4.98 Å². The van der Waals surface area contributed by atoms with Crippen LogP contribution in [0.5, 0.6) is 0 Å². The van der Waals surface area contributed by atoms with E-state index in [-0.39, 0.29) is 5.91 Å². The lowest BCUT2D eigenvalue weighted by molar-refractivity contribution is 0.0698. The van der Waals surface area contributed by atoms with E-state index in [4.69, 9.17) is 0 Å². The summed E-state index contributed by atoms with van der Waals surface area (Å²) in [6, 6.07) is 4.04. The van der Waals surface area contributed by atoms with Crippen LogP contribution in [0.4, 0.5) is 5.82 Å². The Labute approximate surface area is 121 Å². The van der Waals surface area contributed by atoms with Crippen molar-refractivity contribution in [3.63, 3.8) is 0 Å². The molecule has 2 heterocycles. The summed E-state index contributed by atoms with van der Waals surface area (Å²) in [4.78, 5) is 19.1. The number of pyridine rings is 1. The fourth-order valence-electron chi connectivity index (χ4n) is 2.69. The van der Waals surface area contributed by atoms with Gasteiger partial charge >= 0.3 is 0 Å². The first kappa shape index (κ1) is 14.8. The second-order valence-corrected chi connectivity index (χ2v) is 5.52. The number of amides is 1. The highest BCUT2D eigenvalue weighted by Gasteiger charge is 2.25. The van der Waals surface area contributed by atoms with E-state index in [1.807, 2.05) is 17.0 Å². The summed E-state index contributed by atoms with van der Waals surface area (Å²) in [5.41, 5.74) is 0.703. The molecule has 1 aliphatic heterocycles. The Morgan fingerprint density at radius 1 is 1.45 bits per heavy atom. The van der Waals surface area contributed by atoms with Gasteiger partial charge in [-0.3, -0.25) is 4.79 Å². The van der Waals surface area contributed by atoms with Crippen LogP contribution in [0.3, 0.4) is 0 Å². The predicted molar refractivity (Wildman–Crippen MR) is 82.0 cm³/mol. The van der Waals surface area contributed by atoms with Crippen LogP contribution >= 0.6 is 0 Å². The predicted octanol–water partition coefficient (Wildman–Crippen LogP) is 3.31. The smallest absolute Gasteiger partial charge is 0.257 e. The van der Waals surface area contributed by atoms with E-state index in [1.54, 1.807) is 6.20 Å². The van der Waals surface area contributed by atoms with Gasteiger partial charge in [-0.2, -0.15) is 0 Å². The van der Waals surface area contributed by atoms with Crippen molar-refractivity contribution in [2.75, 3.05) is 18.4 Å². The SMILES string of the molecule is CCCNc1ncccc1C(=O)N1CCCCCC1C. The summed E-state index contributed by atoms with van der Waals surface area (Å²) in [5.74, 6) is 0.835. The van der Waals surface area contributed by atoms with Crippen LogP contribution in [0.1, 0.15) is 56.3 Å². The molecule has 1 amide bonds. The lowest BCUT2D eigenvalue weighted by atomic mass is 10.1. The van der Waals surface area contributed by atoms with Crippen LogP contribution in [-0.2, 0) is 0 Å². The summed E-state index contributed by atoms with van der Waals surface area (Å²) in [6.07, 6.45) is 7.41. The highest BCUT2D eigenvalue weighted by Crippen LogP contribution is 2.21. The molecule has 0 spiro atoms. The third-order valence-corrected chi connectivity index (χ3v) is 3.89. The summed E-state index contributed by atoms with van der Waals surface area (Å²) < 4.78 is 0. The maximum atomic E-state index is 12.8. The molecule has 1 aliphatic rings. The molecule has 0 bridgehead atoms. The Morgan fingerprint density at radius 3 is 3.10 bits per heavy atom. The zero-order valence-electron chi connectivity index (χ0n) is 12.6. The van der Waals surface area contributed by atoms with Gasteiger partial charge in [0.25, 0.3) is 5.91 Å². The number of hydrogen-bond acceptors (Lipinski definition) is 3. The molecule has 20 heavy (non-hydrogen) atoms. The molecule has 2 rings (SSSR count). The Morgan fingerprint density at radius 2 is 2.30 bits per heavy atom. The van der Waals surface area contributed by atoms with E-state index in [1.165, 1.54) is 12.8 Å². The van der Waals surface area contributed by atoms with Crippen molar-refractivity contribution in [1.29, 1.82) is 0 Å². The standard InChI is InChI=1S/C16H25N3O/c1-3-10-17-15-14(9-7-11-18-15)16(20)19-12-6-4-5-8-13(19)2/h7,9,11,13H,3-6,8,10,12H2,1-2H3,(H,17,18). The van der Waals surface area contributed by atoms with Gasteiger partial charge in [0.15, 0.2) is 0 Å². The van der Waals surface area contributed by atoms with Crippen molar-refractivity contribution in [3.8, 4) is 0 Å². The van der Waals surface area contributed by atoms with Gasteiger partial charge < -0.3 is 10.2 Å². The second kappa shape index (κ2) is 7.27. The Bertz CT molecular complexity index is 447. The maximum absolute atomic E-state index is 12.8. The average Bonchev–Trinajstić information content (AvgIpc) is 2.69. The molecular formula is C16H25N3O. The summed E-state index contributed by atoms with van der Waals surface area (Å²) in [7, 11) is 0. The number of nitrogens with one attached hydrogen (secondary N) is 1. The Hall–Kier alpha value is -1.58. The fraction of sp³-hybridized carbons (Fsp3) is 0.625. The van der Waals surface area contributed by atoms with Crippen LogP contribution in [0.25, 0.3) is 0 Å². The van der Waals surface area contributed by atoms with Gasteiger partial charge in [0, 0.05) is 25.3 Å². The van der Waals surface area contributed by atoms with Gasteiger partial charge in [0.1, 0.15) is 5.82 Å². The van der Waals surface area contributed by atoms with Crippen LogP contribution in [0.2, 0.25) is 0 Å². The number of rotatable bonds is 4. The first-order valence-electron chi connectivity index (χ1n) is 7.74. The van der Waals surface area contributed by atoms with Crippen molar-refractivity contribution in [2.45, 2.75) is 52.0 Å². The summed E-state index contributed by atoms with van der Waals surface area (Å²) >= 11 is 0. The molecule has 0 radical (unpaired) electrons. The zero-order chi connectivity index (χ0) is 14.4. The van der Waals surface area contributed by atoms with E-state index < -0.39 is 0 Å². The average molecular weight is 275 g/mol. The normalized spacial score (nSPS) is 19.5. The number of aromatic nitrogens is 1. The number of hydrogen-bond donors (Lipinski definition) is 1. The van der Waals surface area contributed by atoms with E-state index in [0.717, 1.165) is 38.2 Å². The highest BCUT2D eigenvalue weighted by molar-refractivity contribution is 5.98. The highest BCUT2D eigenvalue weighted by atomic mass is 16.2. The molecular weight excluding hydrogens is 250 g/mol. The Kier molecular flexibility index (Phi) is 5.39. The van der Waals surface area contributed by atoms with Gasteiger partial charge in [0.05, 0.1) is 5.56 Å². The quantitative estimate of drug-likeness (QED) is 0.917. The van der Waals surface area contributed by atoms with Crippen molar-refractivity contribution >= 4 is 11.7 Å².